The highest BCUT2D eigenvalue weighted by molar-refractivity contribution is 5.39. The Labute approximate surface area is 110 Å². The fourth-order valence-corrected chi connectivity index (χ4v) is 2.82. The van der Waals surface area contributed by atoms with Gasteiger partial charge in [-0.3, -0.25) is 4.90 Å². The largest absolute Gasteiger partial charge is 0.496 e. The maximum absolute atomic E-state index is 6.01. The molecule has 1 aromatic rings. The molecule has 1 aliphatic rings. The molecule has 0 amide bonds. The second-order valence-electron chi connectivity index (χ2n) is 5.09. The van der Waals surface area contributed by atoms with Crippen LogP contribution >= 0.6 is 0 Å². The maximum Gasteiger partial charge on any atom is 0.123 e. The molecule has 2 rings (SSSR count). The van der Waals surface area contributed by atoms with Crippen LogP contribution in [-0.4, -0.2) is 31.6 Å². The maximum atomic E-state index is 6.01. The monoisotopic (exact) mass is 248 g/mol. The normalized spacial score (nSPS) is 18.6. The number of methoxy groups -OCH3 is 1. The quantitative estimate of drug-likeness (QED) is 0.889. The molecule has 0 spiro atoms. The number of hydrogen-bond donors (Lipinski definition) is 1. The Morgan fingerprint density at radius 3 is 2.61 bits per heavy atom. The predicted octanol–water partition coefficient (Wildman–Crippen LogP) is 2.49. The summed E-state index contributed by atoms with van der Waals surface area (Å²) in [5.41, 5.74) is 8.52. The highest BCUT2D eigenvalue weighted by atomic mass is 16.5. The molecule has 0 saturated carbocycles. The molecule has 2 N–H and O–H groups in total. The molecular weight excluding hydrogens is 224 g/mol. The van der Waals surface area contributed by atoms with Crippen molar-refractivity contribution in [2.45, 2.75) is 32.2 Å². The smallest absolute Gasteiger partial charge is 0.123 e. The van der Waals surface area contributed by atoms with E-state index in [1.165, 1.54) is 30.4 Å². The van der Waals surface area contributed by atoms with Crippen molar-refractivity contribution in [1.82, 2.24) is 4.90 Å². The van der Waals surface area contributed by atoms with E-state index in [0.29, 0.717) is 12.6 Å². The lowest BCUT2D eigenvalue weighted by atomic mass is 9.99. The molecule has 18 heavy (non-hydrogen) atoms. The number of nitrogens with two attached hydrogens (primary N) is 1. The van der Waals surface area contributed by atoms with Crippen LogP contribution in [0.15, 0.2) is 18.2 Å². The molecule has 1 heterocycles. The molecule has 100 valence electrons. The summed E-state index contributed by atoms with van der Waals surface area (Å²) in [7, 11) is 1.73. The number of hydrogen-bond acceptors (Lipinski definition) is 3. The third-order valence-electron chi connectivity index (χ3n) is 3.80. The lowest BCUT2D eigenvalue weighted by molar-refractivity contribution is 0.165. The number of rotatable bonds is 4. The van der Waals surface area contributed by atoms with Crippen molar-refractivity contribution in [2.24, 2.45) is 5.73 Å². The standard InChI is InChI=1S/C15H24N2O/c1-12-6-7-15(18-2)13(10-12)14(11-16)17-8-4-3-5-9-17/h6-7,10,14H,3-5,8-9,11,16H2,1-2H3. The fourth-order valence-electron chi connectivity index (χ4n) is 2.82. The minimum atomic E-state index is 0.292. The molecule has 3 nitrogen and oxygen atoms in total. The van der Waals surface area contributed by atoms with E-state index < -0.39 is 0 Å². The Bertz CT molecular complexity index is 386. The Balaban J connectivity index is 2.27. The van der Waals surface area contributed by atoms with Crippen molar-refractivity contribution in [1.29, 1.82) is 0 Å². The lowest BCUT2D eigenvalue weighted by Crippen LogP contribution is -2.37. The van der Waals surface area contributed by atoms with Crippen LogP contribution in [0.2, 0.25) is 0 Å². The molecule has 1 aliphatic heterocycles. The number of piperidine rings is 1. The summed E-state index contributed by atoms with van der Waals surface area (Å²) in [5.74, 6) is 0.960. The van der Waals surface area contributed by atoms with E-state index in [0.717, 1.165) is 18.8 Å². The minimum Gasteiger partial charge on any atom is -0.496 e. The summed E-state index contributed by atoms with van der Waals surface area (Å²) >= 11 is 0. The van der Waals surface area contributed by atoms with Gasteiger partial charge in [-0.25, -0.2) is 0 Å². The third-order valence-corrected chi connectivity index (χ3v) is 3.80. The van der Waals surface area contributed by atoms with Gasteiger partial charge in [0.1, 0.15) is 5.75 Å². The highest BCUT2D eigenvalue weighted by Crippen LogP contribution is 2.31. The zero-order valence-electron chi connectivity index (χ0n) is 11.5. The van der Waals surface area contributed by atoms with Gasteiger partial charge in [-0.1, -0.05) is 24.1 Å². The molecular formula is C15H24N2O. The minimum absolute atomic E-state index is 0.292. The van der Waals surface area contributed by atoms with Crippen molar-refractivity contribution >= 4 is 0 Å². The molecule has 1 saturated heterocycles. The van der Waals surface area contributed by atoms with Gasteiger partial charge in [0, 0.05) is 12.1 Å². The molecule has 0 radical (unpaired) electrons. The first-order valence-electron chi connectivity index (χ1n) is 6.85. The van der Waals surface area contributed by atoms with Gasteiger partial charge in [-0.15, -0.1) is 0 Å². The number of ether oxygens (including phenoxy) is 1. The molecule has 1 aromatic carbocycles. The van der Waals surface area contributed by atoms with Crippen LogP contribution < -0.4 is 10.5 Å². The van der Waals surface area contributed by atoms with Crippen LogP contribution in [0.5, 0.6) is 5.75 Å². The first kappa shape index (κ1) is 13.4. The van der Waals surface area contributed by atoms with Crippen molar-refractivity contribution in [3.63, 3.8) is 0 Å². The zero-order valence-corrected chi connectivity index (χ0v) is 11.5. The van der Waals surface area contributed by atoms with Crippen LogP contribution in [0, 0.1) is 6.92 Å². The Hall–Kier alpha value is -1.06. The van der Waals surface area contributed by atoms with Gasteiger partial charge in [-0.2, -0.15) is 0 Å². The van der Waals surface area contributed by atoms with E-state index >= 15 is 0 Å². The molecule has 0 bridgehead atoms. The first-order chi connectivity index (χ1) is 8.76. The van der Waals surface area contributed by atoms with E-state index in [1.54, 1.807) is 7.11 Å². The average Bonchev–Trinajstić information content (AvgIpc) is 2.41. The van der Waals surface area contributed by atoms with Crippen LogP contribution in [0.1, 0.15) is 36.4 Å². The predicted molar refractivity (Wildman–Crippen MR) is 75.0 cm³/mol. The lowest BCUT2D eigenvalue weighted by Gasteiger charge is -2.34. The van der Waals surface area contributed by atoms with Gasteiger partial charge in [0.05, 0.1) is 13.2 Å². The van der Waals surface area contributed by atoms with Crippen molar-refractivity contribution in [2.75, 3.05) is 26.7 Å². The average molecular weight is 248 g/mol. The summed E-state index contributed by atoms with van der Waals surface area (Å²) < 4.78 is 5.49. The summed E-state index contributed by atoms with van der Waals surface area (Å²) in [6.45, 7) is 5.07. The molecule has 1 atom stereocenters. The molecule has 0 aliphatic carbocycles. The molecule has 1 fully saturated rings. The van der Waals surface area contributed by atoms with E-state index in [4.69, 9.17) is 10.5 Å². The van der Waals surface area contributed by atoms with Crippen LogP contribution in [-0.2, 0) is 0 Å². The molecule has 0 aromatic heterocycles. The van der Waals surface area contributed by atoms with Crippen LogP contribution in [0.3, 0.4) is 0 Å². The van der Waals surface area contributed by atoms with E-state index in [2.05, 4.69) is 30.0 Å². The van der Waals surface area contributed by atoms with E-state index in [-0.39, 0.29) is 0 Å². The second kappa shape index (κ2) is 6.21. The van der Waals surface area contributed by atoms with Gasteiger partial charge < -0.3 is 10.5 Å². The summed E-state index contributed by atoms with van der Waals surface area (Å²) in [6.07, 6.45) is 3.91. The zero-order chi connectivity index (χ0) is 13.0. The van der Waals surface area contributed by atoms with Crippen molar-refractivity contribution in [3.8, 4) is 5.75 Å². The van der Waals surface area contributed by atoms with Crippen LogP contribution in [0.25, 0.3) is 0 Å². The van der Waals surface area contributed by atoms with Crippen molar-refractivity contribution < 1.29 is 4.74 Å². The van der Waals surface area contributed by atoms with Crippen molar-refractivity contribution in [3.05, 3.63) is 29.3 Å². The van der Waals surface area contributed by atoms with E-state index in [1.807, 2.05) is 0 Å². The number of nitrogens with zero attached hydrogens (tertiary/aromatic N) is 1. The molecule has 3 heteroatoms. The van der Waals surface area contributed by atoms with Crippen LogP contribution in [0.4, 0.5) is 0 Å². The fraction of sp³-hybridized carbons (Fsp3) is 0.600. The van der Waals surface area contributed by atoms with Gasteiger partial charge >= 0.3 is 0 Å². The summed E-state index contributed by atoms with van der Waals surface area (Å²) in [6, 6.07) is 6.65. The van der Waals surface area contributed by atoms with Gasteiger partial charge in [0.25, 0.3) is 0 Å². The Morgan fingerprint density at radius 1 is 1.28 bits per heavy atom. The summed E-state index contributed by atoms with van der Waals surface area (Å²) in [4.78, 5) is 2.50. The third kappa shape index (κ3) is 2.85. The van der Waals surface area contributed by atoms with Gasteiger partial charge in [-0.05, 0) is 38.9 Å². The highest BCUT2D eigenvalue weighted by Gasteiger charge is 2.23. The van der Waals surface area contributed by atoms with Gasteiger partial charge in [0.2, 0.25) is 0 Å². The van der Waals surface area contributed by atoms with E-state index in [9.17, 15) is 0 Å². The topological polar surface area (TPSA) is 38.5 Å². The Morgan fingerprint density at radius 2 is 2.00 bits per heavy atom. The summed E-state index contributed by atoms with van der Waals surface area (Å²) in [5, 5.41) is 0. The SMILES string of the molecule is COc1ccc(C)cc1C(CN)N1CCCCC1. The second-order valence-corrected chi connectivity index (χ2v) is 5.09. The van der Waals surface area contributed by atoms with Gasteiger partial charge in [0.15, 0.2) is 0 Å². The number of likely N-dealkylation sites (tertiary alicyclic amines) is 1. The first-order valence-corrected chi connectivity index (χ1v) is 6.85. The number of benzene rings is 1. The molecule has 1 unspecified atom stereocenters. The number of aryl methyl sites for hydroxylation is 1. The Kier molecular flexibility index (Phi) is 4.61.